The number of benzene rings is 2. The van der Waals surface area contributed by atoms with Crippen LogP contribution < -0.4 is 0 Å². The molecule has 1 unspecified atom stereocenters. The van der Waals surface area contributed by atoms with Crippen molar-refractivity contribution in [2.45, 2.75) is 86.0 Å². The standard InChI is InChI=1S/C30H30O2.2C2H6/c1-18-4-7-24-16-25(11-10-23(24)14-18)28(31)13-6-21-5-8-22-9-12-26(17-27(22)15-21)29-19(2)20(3)30(29)32;2*1-2/h5,8,10-11,15-16,26H,1,3-4,6-7,9,12-14,17H2,2H3;2*1-2H3. The third-order valence-corrected chi connectivity index (χ3v) is 7.64. The van der Waals surface area contributed by atoms with Gasteiger partial charge in [0.15, 0.2) is 11.6 Å². The molecule has 0 N–H and O–H groups in total. The fraction of sp³-hybridized carbons (Fsp3) is 0.412. The zero-order valence-electron chi connectivity index (χ0n) is 22.9. The SMILES string of the molecule is C=C1CCc2cc(C(=O)CCc3ccc4c(c3)CC(C3=C(C)C(=C)C3=O)CC4)ccc2C1.CC.CC. The predicted molar refractivity (Wildman–Crippen MR) is 152 cm³/mol. The summed E-state index contributed by atoms with van der Waals surface area (Å²) in [6.45, 7) is 18.0. The quantitative estimate of drug-likeness (QED) is 0.245. The van der Waals surface area contributed by atoms with Gasteiger partial charge >= 0.3 is 0 Å². The van der Waals surface area contributed by atoms with E-state index in [2.05, 4.69) is 43.5 Å². The predicted octanol–water partition coefficient (Wildman–Crippen LogP) is 8.16. The maximum absolute atomic E-state index is 12.9. The molecule has 0 amide bonds. The molecule has 0 radical (unpaired) electrons. The summed E-state index contributed by atoms with van der Waals surface area (Å²) in [5, 5.41) is 0. The van der Waals surface area contributed by atoms with Crippen molar-refractivity contribution < 1.29 is 9.59 Å². The average molecular weight is 483 g/mol. The van der Waals surface area contributed by atoms with E-state index in [1.807, 2.05) is 40.7 Å². The van der Waals surface area contributed by atoms with Crippen LogP contribution in [-0.4, -0.2) is 11.6 Å². The highest BCUT2D eigenvalue weighted by atomic mass is 16.1. The van der Waals surface area contributed by atoms with Gasteiger partial charge in [0.25, 0.3) is 0 Å². The van der Waals surface area contributed by atoms with Gasteiger partial charge in [-0.25, -0.2) is 0 Å². The van der Waals surface area contributed by atoms with Crippen molar-refractivity contribution in [1.29, 1.82) is 0 Å². The van der Waals surface area contributed by atoms with E-state index >= 15 is 0 Å². The zero-order chi connectivity index (χ0) is 26.4. The van der Waals surface area contributed by atoms with Gasteiger partial charge < -0.3 is 0 Å². The normalized spacial score (nSPS) is 18.1. The Morgan fingerprint density at radius 2 is 1.61 bits per heavy atom. The van der Waals surface area contributed by atoms with Crippen molar-refractivity contribution in [3.63, 3.8) is 0 Å². The number of hydrogen-bond acceptors (Lipinski definition) is 2. The molecule has 2 aromatic rings. The molecule has 36 heavy (non-hydrogen) atoms. The number of carbonyl (C=O) groups excluding carboxylic acids is 2. The summed E-state index contributed by atoms with van der Waals surface area (Å²) < 4.78 is 0. The molecule has 5 rings (SSSR count). The third-order valence-electron chi connectivity index (χ3n) is 7.64. The van der Waals surface area contributed by atoms with Gasteiger partial charge in [0.2, 0.25) is 0 Å². The Labute approximate surface area is 218 Å². The van der Waals surface area contributed by atoms with E-state index in [1.165, 1.54) is 33.4 Å². The van der Waals surface area contributed by atoms with Gasteiger partial charge in [0.1, 0.15) is 0 Å². The lowest BCUT2D eigenvalue weighted by Gasteiger charge is -2.33. The monoisotopic (exact) mass is 482 g/mol. The van der Waals surface area contributed by atoms with Crippen molar-refractivity contribution in [3.05, 3.63) is 105 Å². The first kappa shape index (κ1) is 27.6. The van der Waals surface area contributed by atoms with Crippen LogP contribution in [0.1, 0.15) is 92.1 Å². The van der Waals surface area contributed by atoms with E-state index in [9.17, 15) is 9.59 Å². The summed E-state index contributed by atoms with van der Waals surface area (Å²) in [5.41, 5.74) is 11.5. The second-order valence-corrected chi connectivity index (χ2v) is 9.72. The molecule has 0 heterocycles. The molecule has 0 aliphatic heterocycles. The van der Waals surface area contributed by atoms with E-state index < -0.39 is 0 Å². The van der Waals surface area contributed by atoms with Crippen LogP contribution in [0, 0.1) is 5.92 Å². The van der Waals surface area contributed by atoms with Crippen molar-refractivity contribution in [1.82, 2.24) is 0 Å². The van der Waals surface area contributed by atoms with Crippen molar-refractivity contribution in [2.24, 2.45) is 5.92 Å². The molecule has 0 fully saturated rings. The number of ketones is 2. The van der Waals surface area contributed by atoms with Gasteiger partial charge in [0.05, 0.1) is 0 Å². The minimum atomic E-state index is 0.159. The maximum Gasteiger partial charge on any atom is 0.189 e. The molecular formula is C34H42O2. The van der Waals surface area contributed by atoms with Gasteiger partial charge in [-0.3, -0.25) is 9.59 Å². The van der Waals surface area contributed by atoms with Crippen LogP contribution in [0.2, 0.25) is 0 Å². The number of rotatable bonds is 5. The van der Waals surface area contributed by atoms with Crippen LogP contribution in [0.4, 0.5) is 0 Å². The maximum atomic E-state index is 12.9. The molecule has 190 valence electrons. The highest BCUT2D eigenvalue weighted by Crippen LogP contribution is 2.40. The summed E-state index contributed by atoms with van der Waals surface area (Å²) in [5.74, 6) is 0.683. The fourth-order valence-electron chi connectivity index (χ4n) is 5.58. The van der Waals surface area contributed by atoms with Gasteiger partial charge in [-0.05, 0) is 97.2 Å². The Hall–Kier alpha value is -3.00. The Morgan fingerprint density at radius 1 is 0.889 bits per heavy atom. The van der Waals surface area contributed by atoms with Crippen LogP contribution in [0.15, 0.2) is 71.8 Å². The molecular weight excluding hydrogens is 440 g/mol. The van der Waals surface area contributed by atoms with Crippen molar-refractivity contribution in [3.8, 4) is 0 Å². The molecule has 0 aromatic heterocycles. The first-order chi connectivity index (χ1) is 17.4. The largest absolute Gasteiger partial charge is 0.294 e. The number of hydrogen-bond donors (Lipinski definition) is 0. The van der Waals surface area contributed by atoms with Crippen LogP contribution >= 0.6 is 0 Å². The molecule has 0 saturated heterocycles. The molecule has 0 spiro atoms. The Morgan fingerprint density at radius 3 is 2.33 bits per heavy atom. The number of carbonyl (C=O) groups is 2. The summed E-state index contributed by atoms with van der Waals surface area (Å²) in [7, 11) is 0. The third kappa shape index (κ3) is 5.69. The number of allylic oxidation sites excluding steroid dienone is 4. The van der Waals surface area contributed by atoms with Crippen molar-refractivity contribution in [2.75, 3.05) is 0 Å². The molecule has 3 aliphatic carbocycles. The summed E-state index contributed by atoms with van der Waals surface area (Å²) in [6, 6.07) is 12.9. The van der Waals surface area contributed by atoms with E-state index in [-0.39, 0.29) is 11.6 Å². The summed E-state index contributed by atoms with van der Waals surface area (Å²) >= 11 is 0. The highest BCUT2D eigenvalue weighted by molar-refractivity contribution is 6.19. The van der Waals surface area contributed by atoms with E-state index in [1.54, 1.807) is 0 Å². The van der Waals surface area contributed by atoms with Crippen LogP contribution in [0.5, 0.6) is 0 Å². The average Bonchev–Trinajstić information content (AvgIpc) is 2.93. The minimum Gasteiger partial charge on any atom is -0.294 e. The number of Topliss-reactive ketones (excluding diaryl/α,β-unsaturated/α-hetero) is 2. The zero-order valence-corrected chi connectivity index (χ0v) is 22.9. The van der Waals surface area contributed by atoms with Crippen LogP contribution in [0.3, 0.4) is 0 Å². The van der Waals surface area contributed by atoms with Gasteiger partial charge in [0, 0.05) is 23.1 Å². The lowest BCUT2D eigenvalue weighted by atomic mass is 9.70. The van der Waals surface area contributed by atoms with Gasteiger partial charge in [-0.2, -0.15) is 0 Å². The highest BCUT2D eigenvalue weighted by Gasteiger charge is 2.35. The van der Waals surface area contributed by atoms with Crippen molar-refractivity contribution >= 4 is 11.6 Å². The topological polar surface area (TPSA) is 34.1 Å². The second-order valence-electron chi connectivity index (χ2n) is 9.72. The van der Waals surface area contributed by atoms with E-state index in [0.717, 1.165) is 61.7 Å². The molecule has 0 bridgehead atoms. The molecule has 2 heteroatoms. The summed E-state index contributed by atoms with van der Waals surface area (Å²) in [6.07, 6.45) is 7.19. The minimum absolute atomic E-state index is 0.159. The van der Waals surface area contributed by atoms with Gasteiger partial charge in [-0.15, -0.1) is 0 Å². The van der Waals surface area contributed by atoms with Gasteiger partial charge in [-0.1, -0.05) is 76.8 Å². The smallest absolute Gasteiger partial charge is 0.189 e. The number of fused-ring (bicyclic) bond motifs is 2. The Balaban J connectivity index is 0.000000861. The molecule has 3 aliphatic rings. The first-order valence-corrected chi connectivity index (χ1v) is 13.8. The van der Waals surface area contributed by atoms with Crippen LogP contribution in [0.25, 0.3) is 0 Å². The number of aryl methyl sites for hydroxylation is 3. The first-order valence-electron chi connectivity index (χ1n) is 13.8. The van der Waals surface area contributed by atoms with Crippen LogP contribution in [-0.2, 0) is 36.9 Å². The van der Waals surface area contributed by atoms with E-state index in [4.69, 9.17) is 0 Å². The molecule has 1 atom stereocenters. The molecule has 2 aromatic carbocycles. The molecule has 2 nitrogen and oxygen atoms in total. The Kier molecular flexibility index (Phi) is 9.43. The molecule has 0 saturated carbocycles. The Bertz CT molecular complexity index is 1210. The lowest BCUT2D eigenvalue weighted by Crippen LogP contribution is -2.29. The van der Waals surface area contributed by atoms with E-state index in [0.29, 0.717) is 17.9 Å². The lowest BCUT2D eigenvalue weighted by molar-refractivity contribution is -0.113. The fourth-order valence-corrected chi connectivity index (χ4v) is 5.58. The second kappa shape index (κ2) is 12.3. The summed E-state index contributed by atoms with van der Waals surface area (Å²) in [4.78, 5) is 25.1.